The van der Waals surface area contributed by atoms with Crippen LogP contribution in [0.2, 0.25) is 0 Å². The van der Waals surface area contributed by atoms with Crippen LogP contribution in [0.3, 0.4) is 0 Å². The summed E-state index contributed by atoms with van der Waals surface area (Å²) in [4.78, 5) is 30.0. The number of rotatable bonds is 6. The maximum Gasteiger partial charge on any atom is 0.270 e. The van der Waals surface area contributed by atoms with Gasteiger partial charge in [0, 0.05) is 25.7 Å². The molecular formula is C23H24N4O2S2. The Labute approximate surface area is 191 Å². The Balaban J connectivity index is 2.11. The highest BCUT2D eigenvalue weighted by Crippen LogP contribution is 2.36. The highest BCUT2D eigenvalue weighted by molar-refractivity contribution is 8.26. The van der Waals surface area contributed by atoms with Crippen LogP contribution in [-0.2, 0) is 18.4 Å². The molecule has 0 saturated carbocycles. The molecule has 3 rings (SSSR count). The average molecular weight is 453 g/mol. The quantitative estimate of drug-likeness (QED) is 0.490. The normalized spacial score (nSPS) is 14.9. The van der Waals surface area contributed by atoms with Gasteiger partial charge in [0.2, 0.25) is 0 Å². The van der Waals surface area contributed by atoms with E-state index in [2.05, 4.69) is 0 Å². The predicted octanol–water partition coefficient (Wildman–Crippen LogP) is 3.81. The fraction of sp³-hybridized carbons (Fsp3) is 0.304. The van der Waals surface area contributed by atoms with Crippen molar-refractivity contribution >= 4 is 46.1 Å². The summed E-state index contributed by atoms with van der Waals surface area (Å²) in [6, 6.07) is 11.7. The van der Waals surface area contributed by atoms with Crippen molar-refractivity contribution in [1.29, 1.82) is 5.26 Å². The van der Waals surface area contributed by atoms with E-state index in [-0.39, 0.29) is 17.0 Å². The molecule has 1 aliphatic rings. The second-order valence-corrected chi connectivity index (χ2v) is 8.81. The van der Waals surface area contributed by atoms with Gasteiger partial charge in [0.05, 0.1) is 11.4 Å². The molecule has 0 bridgehead atoms. The van der Waals surface area contributed by atoms with Gasteiger partial charge in [-0.15, -0.1) is 0 Å². The molecule has 6 nitrogen and oxygen atoms in total. The Morgan fingerprint density at radius 3 is 2.42 bits per heavy atom. The van der Waals surface area contributed by atoms with Crippen molar-refractivity contribution in [3.05, 3.63) is 67.8 Å². The van der Waals surface area contributed by atoms with E-state index in [1.54, 1.807) is 24.9 Å². The number of thiocarbonyl (C=S) groups is 1. The number of nitrogens with zero attached hydrogens (tertiary/aromatic N) is 4. The predicted molar refractivity (Wildman–Crippen MR) is 130 cm³/mol. The molecule has 0 unspecified atom stereocenters. The zero-order valence-electron chi connectivity index (χ0n) is 18.0. The number of pyridine rings is 1. The van der Waals surface area contributed by atoms with E-state index in [1.807, 2.05) is 55.1 Å². The number of hydrogen-bond acceptors (Lipinski definition) is 6. The molecule has 1 amide bonds. The topological polar surface area (TPSA) is 69.3 Å². The molecule has 160 valence electrons. The maximum atomic E-state index is 13.2. The first-order valence-corrected chi connectivity index (χ1v) is 11.2. The van der Waals surface area contributed by atoms with Gasteiger partial charge in [-0.1, -0.05) is 54.3 Å². The minimum Gasteiger partial charge on any atom is -0.358 e. The lowest BCUT2D eigenvalue weighted by atomic mass is 10.0. The van der Waals surface area contributed by atoms with Crippen LogP contribution in [0.25, 0.3) is 6.08 Å². The van der Waals surface area contributed by atoms with Gasteiger partial charge in [0.1, 0.15) is 21.8 Å². The number of anilines is 1. The van der Waals surface area contributed by atoms with Crippen molar-refractivity contribution in [3.8, 4) is 6.07 Å². The summed E-state index contributed by atoms with van der Waals surface area (Å²) in [6.07, 6.45) is 1.77. The van der Waals surface area contributed by atoms with Crippen LogP contribution in [-0.4, -0.2) is 32.8 Å². The van der Waals surface area contributed by atoms with Gasteiger partial charge in [-0.05, 0) is 38.0 Å². The third-order valence-electron chi connectivity index (χ3n) is 5.36. The summed E-state index contributed by atoms with van der Waals surface area (Å²) >= 11 is 6.72. The highest BCUT2D eigenvalue weighted by atomic mass is 32.2. The second kappa shape index (κ2) is 9.50. The van der Waals surface area contributed by atoms with Gasteiger partial charge in [-0.3, -0.25) is 19.1 Å². The Kier molecular flexibility index (Phi) is 6.98. The molecule has 2 heterocycles. The molecule has 1 aliphatic heterocycles. The van der Waals surface area contributed by atoms with Crippen molar-refractivity contribution < 1.29 is 4.79 Å². The molecule has 1 fully saturated rings. The fourth-order valence-corrected chi connectivity index (χ4v) is 4.89. The number of thioether (sulfide) groups is 1. The molecule has 0 radical (unpaired) electrons. The van der Waals surface area contributed by atoms with Crippen LogP contribution in [0.4, 0.5) is 5.82 Å². The maximum absolute atomic E-state index is 13.2. The first-order valence-electron chi connectivity index (χ1n) is 10.0. The number of amides is 1. The zero-order chi connectivity index (χ0) is 22.7. The standard InChI is InChI=1S/C23H24N4O2S2/c1-5-26(6-2)20-17(15(3)18(13-24)21(28)25(20)4)12-19-22(29)27(23(30)31-19)14-16-10-8-7-9-11-16/h7-12H,5-6,14H2,1-4H3/b19-12-. The van der Waals surface area contributed by atoms with Gasteiger partial charge in [-0.2, -0.15) is 5.26 Å². The molecule has 2 aromatic rings. The summed E-state index contributed by atoms with van der Waals surface area (Å²) in [5, 5.41) is 9.55. The zero-order valence-corrected chi connectivity index (χ0v) is 19.6. The van der Waals surface area contributed by atoms with E-state index < -0.39 is 0 Å². The third kappa shape index (κ3) is 4.29. The van der Waals surface area contributed by atoms with Crippen LogP contribution >= 0.6 is 24.0 Å². The van der Waals surface area contributed by atoms with Crippen LogP contribution in [0.15, 0.2) is 40.0 Å². The number of nitriles is 1. The molecule has 0 spiro atoms. The van der Waals surface area contributed by atoms with Crippen molar-refractivity contribution in [1.82, 2.24) is 9.47 Å². The van der Waals surface area contributed by atoms with Crippen molar-refractivity contribution in [2.24, 2.45) is 7.05 Å². The smallest absolute Gasteiger partial charge is 0.270 e. The molecule has 1 aromatic heterocycles. The van der Waals surface area contributed by atoms with Gasteiger partial charge in [0.15, 0.2) is 0 Å². The van der Waals surface area contributed by atoms with E-state index in [1.165, 1.54) is 16.3 Å². The lowest BCUT2D eigenvalue weighted by Gasteiger charge is -2.27. The first kappa shape index (κ1) is 22.8. The molecule has 31 heavy (non-hydrogen) atoms. The van der Waals surface area contributed by atoms with Crippen LogP contribution < -0.4 is 10.5 Å². The monoisotopic (exact) mass is 452 g/mol. The van der Waals surface area contributed by atoms with E-state index in [9.17, 15) is 14.9 Å². The number of aromatic nitrogens is 1. The summed E-state index contributed by atoms with van der Waals surface area (Å²) in [6.45, 7) is 7.54. The minimum absolute atomic E-state index is 0.0874. The van der Waals surface area contributed by atoms with Crippen LogP contribution in [0, 0.1) is 18.3 Å². The SMILES string of the molecule is CCN(CC)c1c(/C=C2\SC(=S)N(Cc3ccccc3)C2=O)c(C)c(C#N)c(=O)n1C. The van der Waals surface area contributed by atoms with Crippen molar-refractivity contribution in [2.75, 3.05) is 18.0 Å². The highest BCUT2D eigenvalue weighted by Gasteiger charge is 2.33. The minimum atomic E-state index is -0.337. The third-order valence-corrected chi connectivity index (χ3v) is 6.74. The van der Waals surface area contributed by atoms with E-state index in [0.29, 0.717) is 45.8 Å². The Bertz CT molecular complexity index is 1160. The molecular weight excluding hydrogens is 428 g/mol. The lowest BCUT2D eigenvalue weighted by Crippen LogP contribution is -2.33. The van der Waals surface area contributed by atoms with Crippen molar-refractivity contribution in [3.63, 3.8) is 0 Å². The van der Waals surface area contributed by atoms with E-state index in [4.69, 9.17) is 12.2 Å². The fourth-order valence-electron chi connectivity index (χ4n) is 3.65. The summed E-state index contributed by atoms with van der Waals surface area (Å²) in [5.74, 6) is 0.524. The molecule has 0 aliphatic carbocycles. The molecule has 8 heteroatoms. The molecule has 0 atom stereocenters. The average Bonchev–Trinajstić information content (AvgIpc) is 3.03. The molecule has 0 N–H and O–H groups in total. The Hall–Kier alpha value is -2.89. The second-order valence-electron chi connectivity index (χ2n) is 7.14. The van der Waals surface area contributed by atoms with Gasteiger partial charge in [-0.25, -0.2) is 0 Å². The molecule has 1 saturated heterocycles. The number of hydrogen-bond donors (Lipinski definition) is 0. The van der Waals surface area contributed by atoms with Crippen molar-refractivity contribution in [2.45, 2.75) is 27.3 Å². The summed E-state index contributed by atoms with van der Waals surface area (Å²) < 4.78 is 1.99. The lowest BCUT2D eigenvalue weighted by molar-refractivity contribution is -0.122. The van der Waals surface area contributed by atoms with Gasteiger partial charge >= 0.3 is 0 Å². The van der Waals surface area contributed by atoms with Gasteiger partial charge < -0.3 is 4.90 Å². The number of carbonyl (C=O) groups is 1. The Morgan fingerprint density at radius 2 is 1.84 bits per heavy atom. The largest absolute Gasteiger partial charge is 0.358 e. The first-order chi connectivity index (χ1) is 14.8. The Morgan fingerprint density at radius 1 is 1.19 bits per heavy atom. The van der Waals surface area contributed by atoms with Crippen LogP contribution in [0.1, 0.15) is 36.1 Å². The van der Waals surface area contributed by atoms with E-state index >= 15 is 0 Å². The molecule has 1 aromatic carbocycles. The van der Waals surface area contributed by atoms with Gasteiger partial charge in [0.25, 0.3) is 11.5 Å². The summed E-state index contributed by atoms with van der Waals surface area (Å²) in [5.41, 5.74) is 2.01. The summed E-state index contributed by atoms with van der Waals surface area (Å²) in [7, 11) is 1.66. The van der Waals surface area contributed by atoms with E-state index in [0.717, 1.165) is 5.56 Å². The number of benzene rings is 1. The number of carbonyl (C=O) groups excluding carboxylic acids is 1. The van der Waals surface area contributed by atoms with Crippen LogP contribution in [0.5, 0.6) is 0 Å².